The van der Waals surface area contributed by atoms with E-state index in [4.69, 9.17) is 0 Å². The second-order valence-electron chi connectivity index (χ2n) is 6.58. The molecule has 0 radical (unpaired) electrons. The van der Waals surface area contributed by atoms with Crippen LogP contribution in [0.15, 0.2) is 58.7 Å². The van der Waals surface area contributed by atoms with Crippen molar-refractivity contribution in [3.63, 3.8) is 0 Å². The van der Waals surface area contributed by atoms with E-state index < -0.39 is 0 Å². The fourth-order valence-electron chi connectivity index (χ4n) is 2.80. The standard InChI is InChI=1S/C20H28O/c1-16(8-6-9-17(2)13-15-21)11-12-19-18(3)10-7-14-20(19,4)5/h6,8-9,11-13,15H,7,10,14H2,1-5H3/p+1/b9-6+,12-11+,16-8+,17-13+. The van der Waals surface area contributed by atoms with Crippen LogP contribution < -0.4 is 0 Å². The van der Waals surface area contributed by atoms with Gasteiger partial charge in [0, 0.05) is 0 Å². The van der Waals surface area contributed by atoms with Gasteiger partial charge >= 0.3 is 1.43 Å². The zero-order chi connectivity index (χ0) is 15.9. The molecule has 1 aliphatic rings. The maximum Gasteiger partial charge on any atom is 1.00 e. The van der Waals surface area contributed by atoms with Crippen LogP contribution in [0.3, 0.4) is 0 Å². The SMILES string of the molecule is CC1=C(/C=C/C(C)=C/C=C/C(C)=C/C=O)C(C)(C)CCC1.[H+]. The van der Waals surface area contributed by atoms with Gasteiger partial charge in [0.2, 0.25) is 0 Å². The highest BCUT2D eigenvalue weighted by molar-refractivity contribution is 5.66. The Morgan fingerprint density at radius 3 is 2.43 bits per heavy atom. The van der Waals surface area contributed by atoms with Crippen molar-refractivity contribution in [2.45, 2.75) is 53.9 Å². The fraction of sp³-hybridized carbons (Fsp3) is 0.450. The average molecular weight is 285 g/mol. The van der Waals surface area contributed by atoms with Gasteiger partial charge in [0.15, 0.2) is 0 Å². The van der Waals surface area contributed by atoms with Gasteiger partial charge in [-0.3, -0.25) is 4.79 Å². The van der Waals surface area contributed by atoms with Crippen LogP contribution in [0.4, 0.5) is 0 Å². The highest BCUT2D eigenvalue weighted by atomic mass is 16.1. The minimum Gasteiger partial charge on any atom is -0.299 e. The average Bonchev–Trinajstić information content (AvgIpc) is 2.37. The number of allylic oxidation sites excluding steroid dienone is 10. The maximum atomic E-state index is 10.3. The summed E-state index contributed by atoms with van der Waals surface area (Å²) in [5, 5.41) is 0. The van der Waals surface area contributed by atoms with Gasteiger partial charge in [-0.15, -0.1) is 0 Å². The van der Waals surface area contributed by atoms with Gasteiger partial charge in [-0.25, -0.2) is 0 Å². The van der Waals surface area contributed by atoms with Crippen LogP contribution in [-0.2, 0) is 4.79 Å². The van der Waals surface area contributed by atoms with E-state index in [1.54, 1.807) is 6.08 Å². The van der Waals surface area contributed by atoms with Crippen molar-refractivity contribution >= 4 is 6.29 Å². The van der Waals surface area contributed by atoms with Crippen molar-refractivity contribution in [3.8, 4) is 0 Å². The minimum absolute atomic E-state index is 0. The molecule has 0 saturated carbocycles. The quantitative estimate of drug-likeness (QED) is 0.353. The first kappa shape index (κ1) is 17.4. The van der Waals surface area contributed by atoms with Crippen LogP contribution in [0.1, 0.15) is 55.3 Å². The van der Waals surface area contributed by atoms with Crippen LogP contribution in [0.5, 0.6) is 0 Å². The highest BCUT2D eigenvalue weighted by Crippen LogP contribution is 2.40. The van der Waals surface area contributed by atoms with Crippen LogP contribution in [-0.4, -0.2) is 6.29 Å². The van der Waals surface area contributed by atoms with Crippen molar-refractivity contribution in [1.29, 1.82) is 0 Å². The third-order valence-electron chi connectivity index (χ3n) is 4.10. The normalized spacial score (nSPS) is 20.6. The predicted molar refractivity (Wildman–Crippen MR) is 93.3 cm³/mol. The topological polar surface area (TPSA) is 17.1 Å². The summed E-state index contributed by atoms with van der Waals surface area (Å²) in [5.74, 6) is 0. The highest BCUT2D eigenvalue weighted by Gasteiger charge is 2.26. The molecule has 1 aliphatic carbocycles. The Hall–Kier alpha value is -1.63. The van der Waals surface area contributed by atoms with E-state index in [1.807, 2.05) is 19.1 Å². The zero-order valence-corrected chi connectivity index (χ0v) is 14.1. The molecule has 0 aromatic carbocycles. The van der Waals surface area contributed by atoms with Crippen molar-refractivity contribution in [1.82, 2.24) is 0 Å². The Labute approximate surface area is 131 Å². The Balaban J connectivity index is 0.00000441. The van der Waals surface area contributed by atoms with E-state index in [0.717, 1.165) is 11.9 Å². The lowest BCUT2D eigenvalue weighted by atomic mass is 9.72. The lowest BCUT2D eigenvalue weighted by molar-refractivity contribution is -0.104. The van der Waals surface area contributed by atoms with E-state index in [-0.39, 0.29) is 6.84 Å². The third kappa shape index (κ3) is 5.71. The molecule has 0 saturated heterocycles. The minimum atomic E-state index is 0. The van der Waals surface area contributed by atoms with Crippen LogP contribution in [0.2, 0.25) is 0 Å². The molecular formula is C20H29O+. The Bertz CT molecular complexity index is 528. The van der Waals surface area contributed by atoms with Gasteiger partial charge in [0.1, 0.15) is 6.29 Å². The fourth-order valence-corrected chi connectivity index (χ4v) is 2.80. The molecule has 0 fully saturated rings. The molecule has 1 heteroatoms. The molecule has 21 heavy (non-hydrogen) atoms. The van der Waals surface area contributed by atoms with Crippen molar-refractivity contribution in [2.75, 3.05) is 0 Å². The van der Waals surface area contributed by atoms with Crippen molar-refractivity contribution < 1.29 is 6.22 Å². The molecule has 0 aromatic heterocycles. The maximum absolute atomic E-state index is 10.3. The molecule has 0 bridgehead atoms. The smallest absolute Gasteiger partial charge is 0.299 e. The van der Waals surface area contributed by atoms with Gasteiger partial charge in [0.25, 0.3) is 0 Å². The summed E-state index contributed by atoms with van der Waals surface area (Å²) < 4.78 is 0. The summed E-state index contributed by atoms with van der Waals surface area (Å²) in [6.07, 6.45) is 16.6. The first-order chi connectivity index (χ1) is 9.86. The number of aldehydes is 1. The molecule has 0 aliphatic heterocycles. The van der Waals surface area contributed by atoms with Gasteiger partial charge < -0.3 is 0 Å². The Morgan fingerprint density at radius 2 is 1.81 bits per heavy atom. The lowest BCUT2D eigenvalue weighted by Gasteiger charge is -2.32. The third-order valence-corrected chi connectivity index (χ3v) is 4.10. The van der Waals surface area contributed by atoms with Gasteiger partial charge in [-0.05, 0) is 62.7 Å². The van der Waals surface area contributed by atoms with E-state index in [9.17, 15) is 4.79 Å². The number of carbonyl (C=O) groups is 1. The van der Waals surface area contributed by atoms with Crippen LogP contribution in [0.25, 0.3) is 0 Å². The first-order valence-corrected chi connectivity index (χ1v) is 7.72. The molecule has 0 N–H and O–H groups in total. The number of carbonyl (C=O) groups excluding carboxylic acids is 1. The summed E-state index contributed by atoms with van der Waals surface area (Å²) in [6.45, 7) is 10.9. The van der Waals surface area contributed by atoms with E-state index >= 15 is 0 Å². The van der Waals surface area contributed by atoms with Crippen LogP contribution in [0, 0.1) is 5.41 Å². The van der Waals surface area contributed by atoms with Crippen molar-refractivity contribution in [3.05, 3.63) is 58.7 Å². The number of hydrogen-bond donors (Lipinski definition) is 0. The molecule has 1 nitrogen and oxygen atoms in total. The molecule has 0 atom stereocenters. The molecule has 0 aromatic rings. The molecular weight excluding hydrogens is 256 g/mol. The monoisotopic (exact) mass is 285 g/mol. The molecule has 0 unspecified atom stereocenters. The second-order valence-corrected chi connectivity index (χ2v) is 6.58. The Morgan fingerprint density at radius 1 is 1.14 bits per heavy atom. The summed E-state index contributed by atoms with van der Waals surface area (Å²) in [7, 11) is 0. The molecule has 0 amide bonds. The van der Waals surface area contributed by atoms with E-state index in [2.05, 4.69) is 45.9 Å². The summed E-state index contributed by atoms with van der Waals surface area (Å²) >= 11 is 0. The molecule has 1 rings (SSSR count). The van der Waals surface area contributed by atoms with E-state index in [0.29, 0.717) is 0 Å². The molecule has 114 valence electrons. The Kier molecular flexibility index (Phi) is 6.61. The number of hydrogen-bond acceptors (Lipinski definition) is 1. The lowest BCUT2D eigenvalue weighted by Crippen LogP contribution is -2.19. The number of rotatable bonds is 5. The van der Waals surface area contributed by atoms with Gasteiger partial charge in [-0.1, -0.05) is 55.4 Å². The summed E-state index contributed by atoms with van der Waals surface area (Å²) in [5.41, 5.74) is 5.48. The van der Waals surface area contributed by atoms with Gasteiger partial charge in [-0.2, -0.15) is 0 Å². The second kappa shape index (κ2) is 7.97. The van der Waals surface area contributed by atoms with Crippen molar-refractivity contribution in [2.24, 2.45) is 5.41 Å². The van der Waals surface area contributed by atoms with E-state index in [1.165, 1.54) is 36.0 Å². The largest absolute Gasteiger partial charge is 1.00 e. The predicted octanol–water partition coefficient (Wildman–Crippen LogP) is 5.83. The molecule has 0 heterocycles. The summed E-state index contributed by atoms with van der Waals surface area (Å²) in [6, 6.07) is 0. The molecule has 0 spiro atoms. The van der Waals surface area contributed by atoms with Gasteiger partial charge in [0.05, 0.1) is 0 Å². The first-order valence-electron chi connectivity index (χ1n) is 7.72. The van der Waals surface area contributed by atoms with Crippen LogP contribution >= 0.6 is 0 Å². The zero-order valence-electron chi connectivity index (χ0n) is 15.1. The summed E-state index contributed by atoms with van der Waals surface area (Å²) in [4.78, 5) is 10.3.